The molecule has 1 aromatic carbocycles. The molecule has 0 bridgehead atoms. The number of carbonyl (C=O) groups is 1. The molecule has 4 rings (SSSR count). The molecule has 0 saturated heterocycles. The molecule has 1 fully saturated rings. The lowest BCUT2D eigenvalue weighted by molar-refractivity contribution is -0.123. The van der Waals surface area contributed by atoms with Crippen molar-refractivity contribution in [3.63, 3.8) is 0 Å². The normalized spacial score (nSPS) is 15.8. The molecule has 6 nitrogen and oxygen atoms in total. The highest BCUT2D eigenvalue weighted by Crippen LogP contribution is 2.30. The third-order valence-corrected chi connectivity index (χ3v) is 6.34. The predicted molar refractivity (Wildman–Crippen MR) is 109 cm³/mol. The number of carbonyl (C=O) groups excluding carboxylic acids is 1. The van der Waals surface area contributed by atoms with Crippen molar-refractivity contribution in [1.29, 1.82) is 5.26 Å². The number of rotatable bonds is 4. The van der Waals surface area contributed by atoms with E-state index in [1.165, 1.54) is 22.2 Å². The Morgan fingerprint density at radius 2 is 2.00 bits per heavy atom. The highest BCUT2D eigenvalue weighted by Gasteiger charge is 2.33. The molecule has 142 valence electrons. The van der Waals surface area contributed by atoms with E-state index in [1.54, 1.807) is 0 Å². The molecule has 1 aliphatic carbocycles. The molecular weight excluding hydrogens is 372 g/mol. The summed E-state index contributed by atoms with van der Waals surface area (Å²) in [6, 6.07) is 14.0. The molecule has 0 aliphatic heterocycles. The summed E-state index contributed by atoms with van der Waals surface area (Å²) in [5.74, 6) is -0.327. The Balaban J connectivity index is 1.57. The van der Waals surface area contributed by atoms with Crippen LogP contribution in [0.5, 0.6) is 0 Å². The lowest BCUT2D eigenvalue weighted by Crippen LogP contribution is -2.50. The van der Waals surface area contributed by atoms with Gasteiger partial charge in [-0.15, -0.1) is 11.3 Å². The van der Waals surface area contributed by atoms with Crippen molar-refractivity contribution in [3.8, 4) is 16.5 Å². The quantitative estimate of drug-likeness (QED) is 0.736. The molecular formula is C21H20N4O2S. The van der Waals surface area contributed by atoms with E-state index in [4.69, 9.17) is 0 Å². The zero-order valence-corrected chi connectivity index (χ0v) is 16.2. The summed E-state index contributed by atoms with van der Waals surface area (Å²) in [4.78, 5) is 30.7. The van der Waals surface area contributed by atoms with Gasteiger partial charge in [0.2, 0.25) is 5.91 Å². The van der Waals surface area contributed by atoms with Crippen LogP contribution in [0, 0.1) is 11.3 Å². The van der Waals surface area contributed by atoms with Crippen molar-refractivity contribution in [2.24, 2.45) is 0 Å². The first-order chi connectivity index (χ1) is 13.6. The van der Waals surface area contributed by atoms with E-state index >= 15 is 0 Å². The molecule has 28 heavy (non-hydrogen) atoms. The molecule has 2 heterocycles. The number of nitriles is 1. The number of amides is 1. The van der Waals surface area contributed by atoms with Crippen LogP contribution in [0.4, 0.5) is 0 Å². The van der Waals surface area contributed by atoms with Gasteiger partial charge in [-0.25, -0.2) is 4.98 Å². The number of aromatic nitrogens is 2. The van der Waals surface area contributed by atoms with Crippen molar-refractivity contribution < 1.29 is 4.79 Å². The highest BCUT2D eigenvalue weighted by molar-refractivity contribution is 7.22. The zero-order valence-electron chi connectivity index (χ0n) is 15.4. The topological polar surface area (TPSA) is 87.8 Å². The summed E-state index contributed by atoms with van der Waals surface area (Å²) >= 11 is 1.38. The molecule has 7 heteroatoms. The standard InChI is InChI=1S/C21H20N4O2S/c22-13-21(9-5-2-6-10-21)24-18(26)12-25-14-23-16-11-17(28-19(16)20(25)27)15-7-3-1-4-8-15/h1,3-4,7-8,11,14H,2,5-6,9-10,12H2,(H,24,26). The number of fused-ring (bicyclic) bond motifs is 1. The molecule has 3 aromatic rings. The van der Waals surface area contributed by atoms with E-state index in [2.05, 4.69) is 16.4 Å². The maximum absolute atomic E-state index is 12.8. The largest absolute Gasteiger partial charge is 0.336 e. The smallest absolute Gasteiger partial charge is 0.271 e. The third kappa shape index (κ3) is 3.56. The minimum Gasteiger partial charge on any atom is -0.336 e. The van der Waals surface area contributed by atoms with E-state index in [0.29, 0.717) is 23.1 Å². The van der Waals surface area contributed by atoms with Gasteiger partial charge in [0, 0.05) is 4.88 Å². The van der Waals surface area contributed by atoms with E-state index in [-0.39, 0.29) is 18.0 Å². The van der Waals surface area contributed by atoms with Gasteiger partial charge in [0.15, 0.2) is 0 Å². The van der Waals surface area contributed by atoms with Crippen LogP contribution in [0.15, 0.2) is 47.5 Å². The van der Waals surface area contributed by atoms with Crippen molar-refractivity contribution in [3.05, 3.63) is 53.1 Å². The van der Waals surface area contributed by atoms with Crippen molar-refractivity contribution in [1.82, 2.24) is 14.9 Å². The lowest BCUT2D eigenvalue weighted by Gasteiger charge is -2.31. The maximum atomic E-state index is 12.8. The predicted octanol–water partition coefficient (Wildman–Crippen LogP) is 3.47. The van der Waals surface area contributed by atoms with Crippen LogP contribution in [0.2, 0.25) is 0 Å². The van der Waals surface area contributed by atoms with E-state index in [1.807, 2.05) is 36.4 Å². The minimum absolute atomic E-state index is 0.135. The average molecular weight is 392 g/mol. The van der Waals surface area contributed by atoms with Gasteiger partial charge >= 0.3 is 0 Å². The fourth-order valence-electron chi connectivity index (χ4n) is 3.68. The van der Waals surface area contributed by atoms with Crippen molar-refractivity contribution in [2.75, 3.05) is 0 Å². The van der Waals surface area contributed by atoms with Crippen LogP contribution >= 0.6 is 11.3 Å². The number of nitrogens with zero attached hydrogens (tertiary/aromatic N) is 3. The summed E-state index contributed by atoms with van der Waals surface area (Å²) in [5, 5.41) is 12.4. The molecule has 0 unspecified atom stereocenters. The summed E-state index contributed by atoms with van der Waals surface area (Å²) in [5.41, 5.74) is 0.621. The molecule has 1 N–H and O–H groups in total. The zero-order chi connectivity index (χ0) is 19.6. The summed E-state index contributed by atoms with van der Waals surface area (Å²) in [6.07, 6.45) is 5.67. The SMILES string of the molecule is N#CC1(NC(=O)Cn2cnc3cc(-c4ccccc4)sc3c2=O)CCCCC1. The Hall–Kier alpha value is -2.98. The van der Waals surface area contributed by atoms with Crippen LogP contribution in [0.3, 0.4) is 0 Å². The third-order valence-electron chi connectivity index (χ3n) is 5.18. The first-order valence-electron chi connectivity index (χ1n) is 9.37. The second-order valence-electron chi connectivity index (χ2n) is 7.17. The Kier molecular flexibility index (Phi) is 4.97. The van der Waals surface area contributed by atoms with Gasteiger partial charge in [-0.3, -0.25) is 14.2 Å². The molecule has 1 aliphatic rings. The van der Waals surface area contributed by atoms with Gasteiger partial charge in [0.1, 0.15) is 16.8 Å². The minimum atomic E-state index is -0.806. The molecule has 2 aromatic heterocycles. The van der Waals surface area contributed by atoms with Gasteiger partial charge in [-0.1, -0.05) is 49.6 Å². The second-order valence-corrected chi connectivity index (χ2v) is 8.22. The van der Waals surface area contributed by atoms with Crippen molar-refractivity contribution in [2.45, 2.75) is 44.2 Å². The van der Waals surface area contributed by atoms with Crippen LogP contribution in [-0.4, -0.2) is 21.0 Å². The van der Waals surface area contributed by atoms with Crippen LogP contribution in [-0.2, 0) is 11.3 Å². The summed E-state index contributed by atoms with van der Waals surface area (Å²) in [6.45, 7) is -0.135. The lowest BCUT2D eigenvalue weighted by atomic mass is 9.83. The number of hydrogen-bond donors (Lipinski definition) is 1. The Morgan fingerprint density at radius 3 is 2.71 bits per heavy atom. The van der Waals surface area contributed by atoms with Gasteiger partial charge in [-0.2, -0.15) is 5.26 Å². The van der Waals surface area contributed by atoms with E-state index in [0.717, 1.165) is 29.7 Å². The summed E-state index contributed by atoms with van der Waals surface area (Å²) in [7, 11) is 0. The van der Waals surface area contributed by atoms with Crippen LogP contribution < -0.4 is 10.9 Å². The molecule has 1 amide bonds. The fraction of sp³-hybridized carbons (Fsp3) is 0.333. The monoisotopic (exact) mass is 392 g/mol. The van der Waals surface area contributed by atoms with Gasteiger partial charge in [0.25, 0.3) is 5.56 Å². The van der Waals surface area contributed by atoms with Gasteiger partial charge in [0.05, 0.1) is 17.9 Å². The fourth-order valence-corrected chi connectivity index (χ4v) is 4.75. The Bertz CT molecular complexity index is 1100. The average Bonchev–Trinajstić information content (AvgIpc) is 3.17. The number of thiophene rings is 1. The Morgan fingerprint density at radius 1 is 1.25 bits per heavy atom. The Labute approximate surface area is 166 Å². The van der Waals surface area contributed by atoms with Crippen molar-refractivity contribution >= 4 is 27.5 Å². The first kappa shape index (κ1) is 18.4. The molecule has 1 saturated carbocycles. The van der Waals surface area contributed by atoms with Gasteiger partial charge in [-0.05, 0) is 24.5 Å². The summed E-state index contributed by atoms with van der Waals surface area (Å²) < 4.78 is 1.85. The highest BCUT2D eigenvalue weighted by atomic mass is 32.1. The van der Waals surface area contributed by atoms with Crippen LogP contribution in [0.1, 0.15) is 32.1 Å². The van der Waals surface area contributed by atoms with E-state index < -0.39 is 5.54 Å². The van der Waals surface area contributed by atoms with Crippen LogP contribution in [0.25, 0.3) is 20.7 Å². The molecule has 0 atom stereocenters. The van der Waals surface area contributed by atoms with Gasteiger partial charge < -0.3 is 5.32 Å². The first-order valence-corrected chi connectivity index (χ1v) is 10.2. The number of benzene rings is 1. The maximum Gasteiger partial charge on any atom is 0.271 e. The number of nitrogens with one attached hydrogen (secondary N) is 1. The number of hydrogen-bond acceptors (Lipinski definition) is 5. The molecule has 0 radical (unpaired) electrons. The second kappa shape index (κ2) is 7.56. The van der Waals surface area contributed by atoms with E-state index in [9.17, 15) is 14.9 Å². The molecule has 0 spiro atoms.